The van der Waals surface area contributed by atoms with Crippen molar-refractivity contribution >= 4 is 5.91 Å². The molecule has 0 saturated carbocycles. The van der Waals surface area contributed by atoms with E-state index < -0.39 is 5.54 Å². The Kier molecular flexibility index (Phi) is 4.93. The first-order chi connectivity index (χ1) is 11.7. The standard InChI is InChI=1S/C20H21N3O/c21-15-20(22-19(24)18-10-5-2-6-11-18)12-7-13-23(16-20)14-17-8-3-1-4-9-17/h1-6,8-11H,7,12-14,16H2,(H,22,24). The van der Waals surface area contributed by atoms with Crippen molar-refractivity contribution in [1.82, 2.24) is 10.2 Å². The van der Waals surface area contributed by atoms with E-state index in [0.29, 0.717) is 18.5 Å². The summed E-state index contributed by atoms with van der Waals surface area (Å²) in [6.07, 6.45) is 1.59. The van der Waals surface area contributed by atoms with Crippen LogP contribution in [0.15, 0.2) is 60.7 Å². The summed E-state index contributed by atoms with van der Waals surface area (Å²) in [5, 5.41) is 12.7. The number of piperidine rings is 1. The lowest BCUT2D eigenvalue weighted by Crippen LogP contribution is -2.57. The van der Waals surface area contributed by atoms with Gasteiger partial charge in [-0.2, -0.15) is 5.26 Å². The Morgan fingerprint density at radius 2 is 1.79 bits per heavy atom. The fourth-order valence-corrected chi connectivity index (χ4v) is 3.22. The average molecular weight is 319 g/mol. The SMILES string of the molecule is N#CC1(NC(=O)c2ccccc2)CCCN(Cc2ccccc2)C1. The van der Waals surface area contributed by atoms with Gasteiger partial charge in [0.1, 0.15) is 5.54 Å². The summed E-state index contributed by atoms with van der Waals surface area (Å²) in [7, 11) is 0. The van der Waals surface area contributed by atoms with Crippen LogP contribution < -0.4 is 5.32 Å². The minimum atomic E-state index is -0.819. The lowest BCUT2D eigenvalue weighted by molar-refractivity contribution is 0.0848. The molecule has 24 heavy (non-hydrogen) atoms. The van der Waals surface area contributed by atoms with Crippen LogP contribution in [-0.4, -0.2) is 29.4 Å². The number of hydrogen-bond donors (Lipinski definition) is 1. The molecule has 4 heteroatoms. The quantitative estimate of drug-likeness (QED) is 0.942. The molecule has 0 bridgehead atoms. The molecule has 1 atom stereocenters. The molecule has 2 aromatic rings. The molecular formula is C20H21N3O. The largest absolute Gasteiger partial charge is 0.333 e. The molecule has 4 nitrogen and oxygen atoms in total. The van der Waals surface area contributed by atoms with Crippen LogP contribution in [0.1, 0.15) is 28.8 Å². The van der Waals surface area contributed by atoms with Crippen molar-refractivity contribution in [3.63, 3.8) is 0 Å². The minimum Gasteiger partial charge on any atom is -0.333 e. The number of nitrogens with one attached hydrogen (secondary N) is 1. The van der Waals surface area contributed by atoms with Crippen molar-refractivity contribution in [2.45, 2.75) is 24.9 Å². The molecule has 0 aliphatic carbocycles. The molecule has 1 fully saturated rings. The molecule has 1 unspecified atom stereocenters. The highest BCUT2D eigenvalue weighted by Gasteiger charge is 2.37. The van der Waals surface area contributed by atoms with E-state index in [9.17, 15) is 10.1 Å². The maximum absolute atomic E-state index is 12.5. The molecule has 0 spiro atoms. The Balaban J connectivity index is 1.70. The Hall–Kier alpha value is -2.64. The van der Waals surface area contributed by atoms with Gasteiger partial charge in [0.15, 0.2) is 0 Å². The first kappa shape index (κ1) is 16.2. The zero-order chi connectivity index (χ0) is 16.8. The molecule has 1 amide bonds. The first-order valence-electron chi connectivity index (χ1n) is 8.26. The third kappa shape index (κ3) is 3.81. The van der Waals surface area contributed by atoms with Crippen LogP contribution in [0, 0.1) is 11.3 Å². The van der Waals surface area contributed by atoms with Gasteiger partial charge in [0.2, 0.25) is 0 Å². The molecule has 1 heterocycles. The van der Waals surface area contributed by atoms with Crippen LogP contribution in [0.2, 0.25) is 0 Å². The van der Waals surface area contributed by atoms with Gasteiger partial charge < -0.3 is 5.32 Å². The summed E-state index contributed by atoms with van der Waals surface area (Å²) in [4.78, 5) is 14.7. The summed E-state index contributed by atoms with van der Waals surface area (Å²) in [5.74, 6) is -0.182. The van der Waals surface area contributed by atoms with Crippen LogP contribution >= 0.6 is 0 Å². The van der Waals surface area contributed by atoms with E-state index in [1.807, 2.05) is 36.4 Å². The summed E-state index contributed by atoms with van der Waals surface area (Å²) < 4.78 is 0. The van der Waals surface area contributed by atoms with Crippen molar-refractivity contribution in [3.8, 4) is 6.07 Å². The molecule has 1 aliphatic heterocycles. The van der Waals surface area contributed by atoms with E-state index in [-0.39, 0.29) is 5.91 Å². The number of nitrogens with zero attached hydrogens (tertiary/aromatic N) is 2. The molecular weight excluding hydrogens is 298 g/mol. The maximum Gasteiger partial charge on any atom is 0.252 e. The second kappa shape index (κ2) is 7.29. The number of hydrogen-bond acceptors (Lipinski definition) is 3. The number of amides is 1. The third-order valence-electron chi connectivity index (χ3n) is 4.42. The van der Waals surface area contributed by atoms with E-state index in [1.54, 1.807) is 12.1 Å². The Morgan fingerprint density at radius 3 is 2.46 bits per heavy atom. The summed E-state index contributed by atoms with van der Waals surface area (Å²) in [6.45, 7) is 2.29. The molecule has 0 radical (unpaired) electrons. The van der Waals surface area contributed by atoms with Gasteiger partial charge in [-0.15, -0.1) is 0 Å². The van der Waals surface area contributed by atoms with Crippen LogP contribution in [0.5, 0.6) is 0 Å². The minimum absolute atomic E-state index is 0.182. The summed E-state index contributed by atoms with van der Waals surface area (Å²) in [6, 6.07) is 21.7. The molecule has 0 aromatic heterocycles. The van der Waals surface area contributed by atoms with E-state index in [1.165, 1.54) is 5.56 Å². The number of benzene rings is 2. The highest BCUT2D eigenvalue weighted by Crippen LogP contribution is 2.23. The van der Waals surface area contributed by atoms with Gasteiger partial charge in [-0.3, -0.25) is 9.69 Å². The van der Waals surface area contributed by atoms with Crippen molar-refractivity contribution in [2.24, 2.45) is 0 Å². The Bertz CT molecular complexity index is 724. The number of likely N-dealkylation sites (tertiary alicyclic amines) is 1. The highest BCUT2D eigenvalue weighted by atomic mass is 16.1. The normalized spacial score (nSPS) is 21.0. The van der Waals surface area contributed by atoms with Crippen LogP contribution in [0.3, 0.4) is 0 Å². The van der Waals surface area contributed by atoms with Crippen molar-refractivity contribution in [3.05, 3.63) is 71.8 Å². The van der Waals surface area contributed by atoms with Gasteiger partial charge in [-0.1, -0.05) is 48.5 Å². The van der Waals surface area contributed by atoms with Crippen LogP contribution in [0.25, 0.3) is 0 Å². The highest BCUT2D eigenvalue weighted by molar-refractivity contribution is 5.94. The van der Waals surface area contributed by atoms with Gasteiger partial charge in [0.05, 0.1) is 6.07 Å². The van der Waals surface area contributed by atoms with Crippen molar-refractivity contribution in [2.75, 3.05) is 13.1 Å². The number of nitriles is 1. The fourth-order valence-electron chi connectivity index (χ4n) is 3.22. The Morgan fingerprint density at radius 1 is 1.12 bits per heavy atom. The van der Waals surface area contributed by atoms with E-state index in [4.69, 9.17) is 0 Å². The zero-order valence-electron chi connectivity index (χ0n) is 13.6. The second-order valence-corrected chi connectivity index (χ2v) is 6.31. The van der Waals surface area contributed by atoms with Crippen LogP contribution in [-0.2, 0) is 6.54 Å². The number of rotatable bonds is 4. The predicted molar refractivity (Wildman–Crippen MR) is 93.2 cm³/mol. The zero-order valence-corrected chi connectivity index (χ0v) is 13.6. The van der Waals surface area contributed by atoms with Crippen molar-refractivity contribution < 1.29 is 4.79 Å². The van der Waals surface area contributed by atoms with Crippen molar-refractivity contribution in [1.29, 1.82) is 5.26 Å². The molecule has 1 saturated heterocycles. The monoisotopic (exact) mass is 319 g/mol. The predicted octanol–water partition coefficient (Wildman–Crippen LogP) is 2.97. The molecule has 3 rings (SSSR count). The molecule has 1 aliphatic rings. The van der Waals surface area contributed by atoms with Gasteiger partial charge >= 0.3 is 0 Å². The van der Waals surface area contributed by atoms with Gasteiger partial charge in [0.25, 0.3) is 5.91 Å². The van der Waals surface area contributed by atoms with E-state index in [2.05, 4.69) is 28.4 Å². The molecule has 2 aromatic carbocycles. The third-order valence-corrected chi connectivity index (χ3v) is 4.42. The lowest BCUT2D eigenvalue weighted by Gasteiger charge is -2.38. The first-order valence-corrected chi connectivity index (χ1v) is 8.26. The van der Waals surface area contributed by atoms with E-state index >= 15 is 0 Å². The van der Waals surface area contributed by atoms with Gasteiger partial charge in [-0.25, -0.2) is 0 Å². The Labute approximate surface area is 142 Å². The molecule has 122 valence electrons. The second-order valence-electron chi connectivity index (χ2n) is 6.31. The number of carbonyl (C=O) groups is 1. The lowest BCUT2D eigenvalue weighted by atomic mass is 9.89. The van der Waals surface area contributed by atoms with E-state index in [0.717, 1.165) is 19.5 Å². The topological polar surface area (TPSA) is 56.1 Å². The number of carbonyl (C=O) groups excluding carboxylic acids is 1. The summed E-state index contributed by atoms with van der Waals surface area (Å²) >= 11 is 0. The average Bonchev–Trinajstić information content (AvgIpc) is 2.63. The molecule has 1 N–H and O–H groups in total. The summed E-state index contributed by atoms with van der Waals surface area (Å²) in [5.41, 5.74) is 0.993. The van der Waals surface area contributed by atoms with Crippen LogP contribution in [0.4, 0.5) is 0 Å². The van der Waals surface area contributed by atoms with Gasteiger partial charge in [-0.05, 0) is 37.1 Å². The maximum atomic E-state index is 12.5. The van der Waals surface area contributed by atoms with Gasteiger partial charge in [0, 0.05) is 18.7 Å². The smallest absolute Gasteiger partial charge is 0.252 e. The fraction of sp³-hybridized carbons (Fsp3) is 0.300.